The largest absolute Gasteiger partial charge is 0.454 e. The SMILES string of the molecule is Nc1ccc(C(=O)NC(=O)C(=O)Nc2ccc3c(c2)OCO3)cc1. The minimum atomic E-state index is -1.07. The molecule has 2 aromatic rings. The van der Waals surface area contributed by atoms with Gasteiger partial charge >= 0.3 is 11.8 Å². The minimum absolute atomic E-state index is 0.101. The molecule has 8 nitrogen and oxygen atoms in total. The summed E-state index contributed by atoms with van der Waals surface area (Å²) in [6.45, 7) is 0.101. The van der Waals surface area contributed by atoms with E-state index in [4.69, 9.17) is 15.2 Å². The average Bonchev–Trinajstić information content (AvgIpc) is 3.03. The van der Waals surface area contributed by atoms with Crippen molar-refractivity contribution in [2.45, 2.75) is 0 Å². The summed E-state index contributed by atoms with van der Waals surface area (Å²) in [5.74, 6) is -1.73. The van der Waals surface area contributed by atoms with E-state index in [1.165, 1.54) is 30.3 Å². The van der Waals surface area contributed by atoms with Crippen LogP contribution in [0.2, 0.25) is 0 Å². The van der Waals surface area contributed by atoms with Crippen LogP contribution in [-0.4, -0.2) is 24.5 Å². The van der Waals surface area contributed by atoms with Crippen LogP contribution >= 0.6 is 0 Å². The molecule has 0 radical (unpaired) electrons. The van der Waals surface area contributed by atoms with Crippen molar-refractivity contribution in [3.8, 4) is 11.5 Å². The topological polar surface area (TPSA) is 120 Å². The van der Waals surface area contributed by atoms with Crippen molar-refractivity contribution in [3.05, 3.63) is 48.0 Å². The van der Waals surface area contributed by atoms with Crippen LogP contribution in [0.4, 0.5) is 11.4 Å². The number of carbonyl (C=O) groups excluding carboxylic acids is 3. The minimum Gasteiger partial charge on any atom is -0.454 e. The molecule has 0 atom stereocenters. The highest BCUT2D eigenvalue weighted by atomic mass is 16.7. The highest BCUT2D eigenvalue weighted by Crippen LogP contribution is 2.34. The molecule has 1 aliphatic heterocycles. The Morgan fingerprint density at radius 2 is 1.62 bits per heavy atom. The zero-order valence-electron chi connectivity index (χ0n) is 12.4. The van der Waals surface area contributed by atoms with E-state index in [1.807, 2.05) is 5.32 Å². The molecular weight excluding hydrogens is 314 g/mol. The summed E-state index contributed by atoms with van der Waals surface area (Å²) in [5, 5.41) is 4.38. The number of amides is 3. The molecule has 0 aliphatic carbocycles. The number of hydrogen-bond donors (Lipinski definition) is 3. The van der Waals surface area contributed by atoms with E-state index < -0.39 is 17.7 Å². The Hall–Kier alpha value is -3.55. The van der Waals surface area contributed by atoms with Gasteiger partial charge in [0, 0.05) is 23.0 Å². The molecule has 24 heavy (non-hydrogen) atoms. The summed E-state index contributed by atoms with van der Waals surface area (Å²) >= 11 is 0. The molecule has 0 spiro atoms. The Bertz CT molecular complexity index is 817. The monoisotopic (exact) mass is 327 g/mol. The molecule has 0 saturated carbocycles. The second-order valence-corrected chi connectivity index (χ2v) is 4.93. The number of ether oxygens (including phenoxy) is 2. The summed E-state index contributed by atoms with van der Waals surface area (Å²) < 4.78 is 10.3. The van der Waals surface area contributed by atoms with Crippen LogP contribution in [0, 0.1) is 0 Å². The van der Waals surface area contributed by atoms with Gasteiger partial charge in [-0.05, 0) is 36.4 Å². The molecule has 2 aromatic carbocycles. The van der Waals surface area contributed by atoms with Crippen LogP contribution in [-0.2, 0) is 9.59 Å². The third-order valence-electron chi connectivity index (χ3n) is 3.24. The Kier molecular flexibility index (Phi) is 4.02. The lowest BCUT2D eigenvalue weighted by Gasteiger charge is -2.07. The quantitative estimate of drug-likeness (QED) is 0.557. The van der Waals surface area contributed by atoms with Gasteiger partial charge < -0.3 is 20.5 Å². The van der Waals surface area contributed by atoms with Gasteiger partial charge in [0.25, 0.3) is 5.91 Å². The van der Waals surface area contributed by atoms with Crippen molar-refractivity contribution >= 4 is 29.1 Å². The predicted octanol–water partition coefficient (Wildman–Crippen LogP) is 0.893. The lowest BCUT2D eigenvalue weighted by molar-refractivity contribution is -0.135. The normalized spacial score (nSPS) is 11.7. The fourth-order valence-corrected chi connectivity index (χ4v) is 2.03. The van der Waals surface area contributed by atoms with Crippen LogP contribution in [0.15, 0.2) is 42.5 Å². The molecule has 3 amide bonds. The maximum atomic E-state index is 11.9. The Morgan fingerprint density at radius 1 is 0.917 bits per heavy atom. The molecule has 0 aromatic heterocycles. The summed E-state index contributed by atoms with van der Waals surface area (Å²) in [7, 11) is 0. The Balaban J connectivity index is 1.61. The molecule has 0 saturated heterocycles. The maximum absolute atomic E-state index is 11.9. The second-order valence-electron chi connectivity index (χ2n) is 4.93. The number of rotatable bonds is 2. The lowest BCUT2D eigenvalue weighted by atomic mass is 10.2. The summed E-state index contributed by atoms with van der Waals surface area (Å²) in [5.41, 5.74) is 6.57. The fourth-order valence-electron chi connectivity index (χ4n) is 2.03. The van der Waals surface area contributed by atoms with E-state index in [0.29, 0.717) is 22.9 Å². The lowest BCUT2D eigenvalue weighted by Crippen LogP contribution is -2.39. The van der Waals surface area contributed by atoms with E-state index in [-0.39, 0.29) is 12.4 Å². The zero-order valence-corrected chi connectivity index (χ0v) is 12.4. The van der Waals surface area contributed by atoms with Gasteiger partial charge in [-0.1, -0.05) is 0 Å². The Morgan fingerprint density at radius 3 is 2.38 bits per heavy atom. The number of hydrogen-bond acceptors (Lipinski definition) is 6. The number of nitrogens with two attached hydrogens (primary N) is 1. The predicted molar refractivity (Wildman–Crippen MR) is 84.5 cm³/mol. The first kappa shape index (κ1) is 15.3. The van der Waals surface area contributed by atoms with Crippen molar-refractivity contribution in [2.75, 3.05) is 17.8 Å². The van der Waals surface area contributed by atoms with E-state index in [1.54, 1.807) is 12.1 Å². The molecular formula is C16H13N3O5. The van der Waals surface area contributed by atoms with E-state index in [2.05, 4.69) is 5.32 Å². The first-order valence-corrected chi connectivity index (χ1v) is 6.95. The van der Waals surface area contributed by atoms with Gasteiger partial charge in [-0.15, -0.1) is 0 Å². The average molecular weight is 327 g/mol. The van der Waals surface area contributed by atoms with E-state index in [9.17, 15) is 14.4 Å². The smallest absolute Gasteiger partial charge is 0.316 e. The van der Waals surface area contributed by atoms with Gasteiger partial charge in [-0.3, -0.25) is 19.7 Å². The standard InChI is InChI=1S/C16H13N3O5/c17-10-3-1-9(2-4-10)14(20)19-16(22)15(21)18-11-5-6-12-13(7-11)24-8-23-12/h1-7H,8,17H2,(H,18,21)(H,19,20,22). The fraction of sp³-hybridized carbons (Fsp3) is 0.0625. The molecule has 8 heteroatoms. The number of carbonyl (C=O) groups is 3. The zero-order chi connectivity index (χ0) is 17.1. The van der Waals surface area contributed by atoms with Crippen LogP contribution in [0.5, 0.6) is 11.5 Å². The van der Waals surface area contributed by atoms with Gasteiger partial charge in [0.2, 0.25) is 6.79 Å². The van der Waals surface area contributed by atoms with Crippen LogP contribution in [0.25, 0.3) is 0 Å². The number of nitrogens with one attached hydrogen (secondary N) is 2. The van der Waals surface area contributed by atoms with Crippen molar-refractivity contribution in [1.82, 2.24) is 5.32 Å². The summed E-state index contributed by atoms with van der Waals surface area (Å²) in [6.07, 6.45) is 0. The molecule has 4 N–H and O–H groups in total. The maximum Gasteiger partial charge on any atom is 0.316 e. The van der Waals surface area contributed by atoms with Crippen LogP contribution in [0.3, 0.4) is 0 Å². The summed E-state index contributed by atoms with van der Waals surface area (Å²) in [6, 6.07) is 10.6. The number of nitrogen functional groups attached to an aromatic ring is 1. The van der Waals surface area contributed by atoms with Gasteiger partial charge in [0.15, 0.2) is 11.5 Å². The van der Waals surface area contributed by atoms with E-state index >= 15 is 0 Å². The first-order valence-electron chi connectivity index (χ1n) is 6.95. The third-order valence-corrected chi connectivity index (χ3v) is 3.24. The molecule has 0 fully saturated rings. The van der Waals surface area contributed by atoms with Crippen molar-refractivity contribution < 1.29 is 23.9 Å². The van der Waals surface area contributed by atoms with Gasteiger partial charge in [-0.25, -0.2) is 0 Å². The molecule has 3 rings (SSSR count). The summed E-state index contributed by atoms with van der Waals surface area (Å²) in [4.78, 5) is 35.6. The van der Waals surface area contributed by atoms with E-state index in [0.717, 1.165) is 0 Å². The van der Waals surface area contributed by atoms with Crippen molar-refractivity contribution in [2.24, 2.45) is 0 Å². The van der Waals surface area contributed by atoms with Gasteiger partial charge in [-0.2, -0.15) is 0 Å². The number of anilines is 2. The van der Waals surface area contributed by atoms with Crippen LogP contribution < -0.4 is 25.8 Å². The Labute approximate surface area is 136 Å². The van der Waals surface area contributed by atoms with Gasteiger partial charge in [0.05, 0.1) is 0 Å². The molecule has 122 valence electrons. The number of imide groups is 1. The molecule has 1 heterocycles. The molecule has 1 aliphatic rings. The number of fused-ring (bicyclic) bond motifs is 1. The van der Waals surface area contributed by atoms with Crippen molar-refractivity contribution in [3.63, 3.8) is 0 Å². The molecule has 0 unspecified atom stereocenters. The van der Waals surface area contributed by atoms with Crippen LogP contribution in [0.1, 0.15) is 10.4 Å². The second kappa shape index (κ2) is 6.29. The first-order chi connectivity index (χ1) is 11.5. The third kappa shape index (κ3) is 3.27. The highest BCUT2D eigenvalue weighted by Gasteiger charge is 2.19. The van der Waals surface area contributed by atoms with Crippen molar-refractivity contribution in [1.29, 1.82) is 0 Å². The number of benzene rings is 2. The highest BCUT2D eigenvalue weighted by molar-refractivity contribution is 6.42. The molecule has 0 bridgehead atoms. The van der Waals surface area contributed by atoms with Gasteiger partial charge in [0.1, 0.15) is 0 Å².